The fourth-order valence-electron chi connectivity index (χ4n) is 0.656. The van der Waals surface area contributed by atoms with E-state index < -0.39 is 0 Å². The normalized spacial score (nSPS) is 12.4. The van der Waals surface area contributed by atoms with Crippen molar-refractivity contribution in [3.8, 4) is 0 Å². The van der Waals surface area contributed by atoms with Crippen molar-refractivity contribution in [2.45, 2.75) is 20.4 Å². The molecule has 1 heterocycles. The number of hydrogen-bond donors (Lipinski definition) is 2. The predicted molar refractivity (Wildman–Crippen MR) is 46.5 cm³/mol. The minimum absolute atomic E-state index is 0.285. The van der Waals surface area contributed by atoms with Gasteiger partial charge in [0, 0.05) is 5.92 Å². The van der Waals surface area contributed by atoms with Gasteiger partial charge in [-0.2, -0.15) is 5.10 Å². The van der Waals surface area contributed by atoms with Gasteiger partial charge in [0.15, 0.2) is 0 Å². The summed E-state index contributed by atoms with van der Waals surface area (Å²) in [5.74, 6) is 1.66. The van der Waals surface area contributed by atoms with E-state index in [-0.39, 0.29) is 5.92 Å². The zero-order valence-electron chi connectivity index (χ0n) is 7.28. The zero-order valence-corrected chi connectivity index (χ0v) is 7.28. The van der Waals surface area contributed by atoms with Crippen LogP contribution in [0.3, 0.4) is 0 Å². The molecule has 5 heteroatoms. The van der Waals surface area contributed by atoms with Gasteiger partial charge >= 0.3 is 0 Å². The number of nitrogens with two attached hydrogens (primary N) is 1. The largest absolute Gasteiger partial charge is 0.387 e. The summed E-state index contributed by atoms with van der Waals surface area (Å²) in [5.41, 5.74) is 5.62. The minimum atomic E-state index is 0.285. The molecule has 0 atom stereocenters. The highest BCUT2D eigenvalue weighted by Crippen LogP contribution is 1.94. The van der Waals surface area contributed by atoms with Crippen molar-refractivity contribution in [1.29, 1.82) is 0 Å². The second-order valence-corrected chi connectivity index (χ2v) is 2.83. The second-order valence-electron chi connectivity index (χ2n) is 2.83. The van der Waals surface area contributed by atoms with E-state index in [0.29, 0.717) is 12.4 Å². The van der Waals surface area contributed by atoms with E-state index in [2.05, 4.69) is 20.2 Å². The molecule has 0 aliphatic carbocycles. The molecule has 0 radical (unpaired) electrons. The summed E-state index contributed by atoms with van der Waals surface area (Å²) < 4.78 is 0. The van der Waals surface area contributed by atoms with E-state index >= 15 is 0 Å². The maximum atomic E-state index is 5.62. The van der Waals surface area contributed by atoms with Crippen LogP contribution in [0.4, 0.5) is 0 Å². The molecule has 12 heavy (non-hydrogen) atoms. The molecule has 3 N–H and O–H groups in total. The Balaban J connectivity index is 2.49. The number of hydrogen-bond acceptors (Lipinski definition) is 3. The van der Waals surface area contributed by atoms with E-state index in [1.54, 1.807) is 0 Å². The van der Waals surface area contributed by atoms with E-state index in [1.807, 2.05) is 13.8 Å². The van der Waals surface area contributed by atoms with Crippen LogP contribution in [0, 0.1) is 5.92 Å². The third kappa shape index (κ3) is 2.34. The molecular weight excluding hydrogens is 154 g/mol. The molecule has 0 bridgehead atoms. The quantitative estimate of drug-likeness (QED) is 0.502. The van der Waals surface area contributed by atoms with Crippen molar-refractivity contribution in [1.82, 2.24) is 15.2 Å². The first-order chi connectivity index (χ1) is 5.70. The Morgan fingerprint density at radius 1 is 1.75 bits per heavy atom. The first-order valence-electron chi connectivity index (χ1n) is 3.84. The molecule has 0 unspecified atom stereocenters. The summed E-state index contributed by atoms with van der Waals surface area (Å²) in [5, 5.41) is 6.41. The van der Waals surface area contributed by atoms with Gasteiger partial charge in [-0.3, -0.25) is 10.1 Å². The fourth-order valence-corrected chi connectivity index (χ4v) is 0.656. The average Bonchev–Trinajstić information content (AvgIpc) is 2.51. The number of H-pyrrole nitrogens is 1. The summed E-state index contributed by atoms with van der Waals surface area (Å²) >= 11 is 0. The lowest BCUT2D eigenvalue weighted by atomic mass is 10.2. The third-order valence-electron chi connectivity index (χ3n) is 1.47. The van der Waals surface area contributed by atoms with Crippen LogP contribution in [0.15, 0.2) is 11.3 Å². The van der Waals surface area contributed by atoms with Crippen LogP contribution in [0.1, 0.15) is 19.7 Å². The van der Waals surface area contributed by atoms with Gasteiger partial charge in [-0.05, 0) is 0 Å². The van der Waals surface area contributed by atoms with Gasteiger partial charge in [0.2, 0.25) is 0 Å². The van der Waals surface area contributed by atoms with E-state index in [0.717, 1.165) is 5.82 Å². The van der Waals surface area contributed by atoms with E-state index in [9.17, 15) is 0 Å². The number of aromatic amines is 1. The molecule has 0 fully saturated rings. The number of nitrogens with one attached hydrogen (secondary N) is 1. The molecule has 66 valence electrons. The summed E-state index contributed by atoms with van der Waals surface area (Å²) in [6.07, 6.45) is 1.45. The lowest BCUT2D eigenvalue weighted by molar-refractivity contribution is 0.838. The van der Waals surface area contributed by atoms with Crippen LogP contribution in [0.2, 0.25) is 0 Å². The number of amidine groups is 1. The lowest BCUT2D eigenvalue weighted by Crippen LogP contribution is -2.18. The molecule has 1 rings (SSSR count). The fraction of sp³-hybridized carbons (Fsp3) is 0.571. The lowest BCUT2D eigenvalue weighted by Gasteiger charge is -2.01. The smallest absolute Gasteiger partial charge is 0.145 e. The van der Waals surface area contributed by atoms with E-state index in [1.165, 1.54) is 6.33 Å². The summed E-state index contributed by atoms with van der Waals surface area (Å²) in [4.78, 5) is 8.05. The topological polar surface area (TPSA) is 79.9 Å². The van der Waals surface area contributed by atoms with Crippen molar-refractivity contribution >= 4 is 5.84 Å². The zero-order chi connectivity index (χ0) is 8.97. The molecule has 0 aliphatic heterocycles. The van der Waals surface area contributed by atoms with Crippen molar-refractivity contribution in [2.24, 2.45) is 16.6 Å². The van der Waals surface area contributed by atoms with Crippen LogP contribution < -0.4 is 5.73 Å². The van der Waals surface area contributed by atoms with Crippen molar-refractivity contribution in [2.75, 3.05) is 0 Å². The Morgan fingerprint density at radius 3 is 3.00 bits per heavy atom. The third-order valence-corrected chi connectivity index (χ3v) is 1.47. The van der Waals surface area contributed by atoms with Gasteiger partial charge < -0.3 is 5.73 Å². The Kier molecular flexibility index (Phi) is 2.79. The van der Waals surface area contributed by atoms with Gasteiger partial charge in [-0.15, -0.1) is 0 Å². The molecule has 5 nitrogen and oxygen atoms in total. The molecule has 0 aromatic carbocycles. The molecule has 0 amide bonds. The van der Waals surface area contributed by atoms with Crippen molar-refractivity contribution < 1.29 is 0 Å². The highest BCUT2D eigenvalue weighted by atomic mass is 15.2. The van der Waals surface area contributed by atoms with Crippen LogP contribution in [-0.2, 0) is 6.54 Å². The SMILES string of the molecule is CC(C)C(N)=NCc1ncn[nH]1. The number of rotatable bonds is 3. The Bertz CT molecular complexity index is 249. The first-order valence-corrected chi connectivity index (χ1v) is 3.84. The molecule has 0 aliphatic rings. The molecule has 1 aromatic heterocycles. The van der Waals surface area contributed by atoms with Gasteiger partial charge in [0.1, 0.15) is 18.7 Å². The molecule has 0 saturated heterocycles. The van der Waals surface area contributed by atoms with Gasteiger partial charge in [-0.1, -0.05) is 13.8 Å². The average molecular weight is 167 g/mol. The minimum Gasteiger partial charge on any atom is -0.387 e. The van der Waals surface area contributed by atoms with Crippen LogP contribution >= 0.6 is 0 Å². The van der Waals surface area contributed by atoms with Crippen LogP contribution in [0.5, 0.6) is 0 Å². The monoisotopic (exact) mass is 167 g/mol. The second kappa shape index (κ2) is 3.85. The van der Waals surface area contributed by atoms with Crippen LogP contribution in [-0.4, -0.2) is 21.0 Å². The maximum Gasteiger partial charge on any atom is 0.145 e. The van der Waals surface area contributed by atoms with Gasteiger partial charge in [-0.25, -0.2) is 4.98 Å². The van der Waals surface area contributed by atoms with Gasteiger partial charge in [0.25, 0.3) is 0 Å². The maximum absolute atomic E-state index is 5.62. The Labute approximate surface area is 71.1 Å². The summed E-state index contributed by atoms with van der Waals surface area (Å²) in [7, 11) is 0. The summed E-state index contributed by atoms with van der Waals surface area (Å²) in [6.45, 7) is 4.47. The summed E-state index contributed by atoms with van der Waals surface area (Å²) in [6, 6.07) is 0. The molecule has 0 spiro atoms. The highest BCUT2D eigenvalue weighted by Gasteiger charge is 1.98. The first kappa shape index (κ1) is 8.70. The van der Waals surface area contributed by atoms with Crippen LogP contribution in [0.25, 0.3) is 0 Å². The predicted octanol–water partition coefficient (Wildman–Crippen LogP) is 0.318. The van der Waals surface area contributed by atoms with Crippen molar-refractivity contribution in [3.05, 3.63) is 12.2 Å². The van der Waals surface area contributed by atoms with Gasteiger partial charge in [0.05, 0.1) is 5.84 Å². The number of aromatic nitrogens is 3. The molecule has 1 aromatic rings. The Morgan fingerprint density at radius 2 is 2.50 bits per heavy atom. The Hall–Kier alpha value is -1.39. The van der Waals surface area contributed by atoms with E-state index in [4.69, 9.17) is 5.73 Å². The standard InChI is InChI=1S/C7H13N5/c1-5(2)7(8)9-3-6-10-4-11-12-6/h4-5H,3H2,1-2H3,(H2,8,9)(H,10,11,12). The number of nitrogens with zero attached hydrogens (tertiary/aromatic N) is 3. The van der Waals surface area contributed by atoms with Crippen molar-refractivity contribution in [3.63, 3.8) is 0 Å². The number of aliphatic imine (C=N–C) groups is 1. The molecular formula is C7H13N5. The molecule has 0 saturated carbocycles. The highest BCUT2D eigenvalue weighted by molar-refractivity contribution is 5.82.